The average molecular weight is 344 g/mol. The van der Waals surface area contributed by atoms with Crippen LogP contribution in [0.25, 0.3) is 0 Å². The molecule has 2 amide bonds. The molecule has 1 aromatic carbocycles. The van der Waals surface area contributed by atoms with Crippen molar-refractivity contribution in [2.45, 2.75) is 20.4 Å². The first kappa shape index (κ1) is 18.7. The van der Waals surface area contributed by atoms with E-state index < -0.39 is 0 Å². The lowest BCUT2D eigenvalue weighted by Gasteiger charge is -2.19. The molecular weight excluding hydrogens is 318 g/mol. The largest absolute Gasteiger partial charge is 0.460 e. The number of carbonyl (C=O) groups excluding carboxylic acids is 2. The van der Waals surface area contributed by atoms with Gasteiger partial charge in [-0.1, -0.05) is 17.7 Å². The smallest absolute Gasteiger partial charge is 0.277 e. The Kier molecular flexibility index (Phi) is 6.36. The maximum atomic E-state index is 12.3. The summed E-state index contributed by atoms with van der Waals surface area (Å²) in [5, 5.41) is 2.80. The zero-order chi connectivity index (χ0) is 18.4. The molecule has 1 heterocycles. The van der Waals surface area contributed by atoms with E-state index in [0.29, 0.717) is 13.1 Å². The number of likely N-dealkylation sites (N-methyl/N-ethyl adjacent to an activating group) is 2. The summed E-state index contributed by atoms with van der Waals surface area (Å²) < 4.78 is 5.53. The minimum atomic E-state index is -0.209. The van der Waals surface area contributed by atoms with Crippen LogP contribution in [0, 0.1) is 13.8 Å². The first-order chi connectivity index (χ1) is 11.8. The van der Waals surface area contributed by atoms with Crippen molar-refractivity contribution >= 4 is 17.5 Å². The Bertz CT molecular complexity index is 722. The fourth-order valence-electron chi connectivity index (χ4n) is 2.47. The molecule has 134 valence electrons. The molecule has 0 aliphatic carbocycles. The molecule has 1 unspecified atom stereocenters. The lowest BCUT2D eigenvalue weighted by atomic mass is 10.2. The Hall–Kier alpha value is -2.60. The van der Waals surface area contributed by atoms with Crippen LogP contribution in [0.4, 0.5) is 5.69 Å². The van der Waals surface area contributed by atoms with Crippen molar-refractivity contribution in [2.75, 3.05) is 32.5 Å². The number of hydrogen-bond acceptors (Lipinski definition) is 3. The molecule has 2 N–H and O–H groups in total. The summed E-state index contributed by atoms with van der Waals surface area (Å²) in [6.45, 7) is 4.84. The van der Waals surface area contributed by atoms with Crippen LogP contribution in [0.15, 0.2) is 40.8 Å². The monoisotopic (exact) mass is 344 g/mol. The molecule has 0 aliphatic rings. The number of furan rings is 1. The van der Waals surface area contributed by atoms with E-state index in [1.54, 1.807) is 7.05 Å². The topological polar surface area (TPSA) is 67.0 Å². The van der Waals surface area contributed by atoms with Crippen LogP contribution in [0.1, 0.15) is 17.1 Å². The van der Waals surface area contributed by atoms with Gasteiger partial charge in [-0.15, -0.1) is 0 Å². The molecule has 2 rings (SSSR count). The minimum Gasteiger partial charge on any atom is -0.460 e. The van der Waals surface area contributed by atoms with E-state index in [2.05, 4.69) is 5.32 Å². The second-order valence-electron chi connectivity index (χ2n) is 6.49. The maximum Gasteiger partial charge on any atom is 0.277 e. The third kappa shape index (κ3) is 6.08. The summed E-state index contributed by atoms with van der Waals surface area (Å²) in [6.07, 6.45) is 0. The Morgan fingerprint density at radius 3 is 2.40 bits per heavy atom. The van der Waals surface area contributed by atoms with Crippen LogP contribution in [0.3, 0.4) is 0 Å². The van der Waals surface area contributed by atoms with Crippen molar-refractivity contribution in [2.24, 2.45) is 0 Å². The summed E-state index contributed by atoms with van der Waals surface area (Å²) in [7, 11) is 3.57. The SMILES string of the molecule is Cc1ccc(NC(=O)CN(C)C(=O)C[NH+](C)Cc2ccc(C)o2)cc1. The van der Waals surface area contributed by atoms with Crippen molar-refractivity contribution in [3.63, 3.8) is 0 Å². The maximum absolute atomic E-state index is 12.3. The predicted octanol–water partition coefficient (Wildman–Crippen LogP) is 1.01. The molecular formula is C19H26N3O3+. The van der Waals surface area contributed by atoms with Crippen molar-refractivity contribution in [1.82, 2.24) is 4.90 Å². The van der Waals surface area contributed by atoms with Crippen LogP contribution >= 0.6 is 0 Å². The highest BCUT2D eigenvalue weighted by Crippen LogP contribution is 2.08. The number of quaternary nitrogens is 1. The quantitative estimate of drug-likeness (QED) is 0.788. The Labute approximate surface area is 148 Å². The molecule has 0 spiro atoms. The molecule has 6 nitrogen and oxygen atoms in total. The van der Waals surface area contributed by atoms with E-state index in [-0.39, 0.29) is 18.4 Å². The van der Waals surface area contributed by atoms with Crippen LogP contribution in [-0.4, -0.2) is 43.9 Å². The summed E-state index contributed by atoms with van der Waals surface area (Å²) in [5.41, 5.74) is 1.86. The van der Waals surface area contributed by atoms with Gasteiger partial charge in [-0.3, -0.25) is 9.59 Å². The fraction of sp³-hybridized carbons (Fsp3) is 0.368. The Morgan fingerprint density at radius 1 is 1.12 bits per heavy atom. The van der Waals surface area contributed by atoms with Crippen LogP contribution in [-0.2, 0) is 16.1 Å². The van der Waals surface area contributed by atoms with Crippen molar-refractivity contribution in [1.29, 1.82) is 0 Å². The van der Waals surface area contributed by atoms with E-state index >= 15 is 0 Å². The highest BCUT2D eigenvalue weighted by Gasteiger charge is 2.18. The average Bonchev–Trinajstić information content (AvgIpc) is 2.94. The number of aryl methyl sites for hydroxylation is 2. The third-order valence-corrected chi connectivity index (χ3v) is 3.87. The van der Waals surface area contributed by atoms with E-state index in [1.165, 1.54) is 4.90 Å². The van der Waals surface area contributed by atoms with Gasteiger partial charge in [0, 0.05) is 12.7 Å². The standard InChI is InChI=1S/C19H25N3O3/c1-14-5-8-16(9-6-14)20-18(23)12-22(4)19(24)13-21(3)11-17-10-7-15(2)25-17/h5-10H,11-13H2,1-4H3,(H,20,23)/p+1. The number of hydrogen-bond donors (Lipinski definition) is 2. The lowest BCUT2D eigenvalue weighted by molar-refractivity contribution is -0.886. The second-order valence-corrected chi connectivity index (χ2v) is 6.49. The molecule has 0 aliphatic heterocycles. The van der Waals surface area contributed by atoms with Gasteiger partial charge in [0.1, 0.15) is 12.3 Å². The highest BCUT2D eigenvalue weighted by atomic mass is 16.3. The van der Waals surface area contributed by atoms with Crippen molar-refractivity contribution in [3.8, 4) is 0 Å². The number of nitrogens with one attached hydrogen (secondary N) is 2. The van der Waals surface area contributed by atoms with E-state index in [9.17, 15) is 9.59 Å². The molecule has 0 saturated heterocycles. The minimum absolute atomic E-state index is 0.0276. The van der Waals surface area contributed by atoms with Gasteiger partial charge in [0.25, 0.3) is 5.91 Å². The number of nitrogens with zero attached hydrogens (tertiary/aromatic N) is 1. The van der Waals surface area contributed by atoms with Crippen molar-refractivity contribution < 1.29 is 18.9 Å². The predicted molar refractivity (Wildman–Crippen MR) is 96.3 cm³/mol. The van der Waals surface area contributed by atoms with Gasteiger partial charge in [0.2, 0.25) is 5.91 Å². The molecule has 0 fully saturated rings. The fourth-order valence-corrected chi connectivity index (χ4v) is 2.47. The van der Waals surface area contributed by atoms with Gasteiger partial charge in [0.05, 0.1) is 13.6 Å². The summed E-state index contributed by atoms with van der Waals surface area (Å²) in [4.78, 5) is 26.8. The van der Waals surface area contributed by atoms with Gasteiger partial charge >= 0.3 is 0 Å². The molecule has 0 bridgehead atoms. The number of benzene rings is 1. The molecule has 6 heteroatoms. The summed E-state index contributed by atoms with van der Waals surface area (Å²) in [6, 6.07) is 11.4. The van der Waals surface area contributed by atoms with E-state index in [0.717, 1.165) is 27.7 Å². The summed E-state index contributed by atoms with van der Waals surface area (Å²) in [5.74, 6) is 1.42. The molecule has 0 radical (unpaired) electrons. The molecule has 1 aromatic heterocycles. The van der Waals surface area contributed by atoms with Crippen LogP contribution < -0.4 is 10.2 Å². The number of anilines is 1. The molecule has 1 atom stereocenters. The lowest BCUT2D eigenvalue weighted by Crippen LogP contribution is -3.08. The van der Waals surface area contributed by atoms with Gasteiger partial charge in [-0.05, 0) is 38.1 Å². The molecule has 25 heavy (non-hydrogen) atoms. The zero-order valence-electron chi connectivity index (χ0n) is 15.3. The molecule has 0 saturated carbocycles. The van der Waals surface area contributed by atoms with Crippen LogP contribution in [0.2, 0.25) is 0 Å². The van der Waals surface area contributed by atoms with Gasteiger partial charge in [0.15, 0.2) is 12.3 Å². The first-order valence-electron chi connectivity index (χ1n) is 8.30. The van der Waals surface area contributed by atoms with Crippen LogP contribution in [0.5, 0.6) is 0 Å². The first-order valence-corrected chi connectivity index (χ1v) is 8.30. The number of amides is 2. The highest BCUT2D eigenvalue weighted by molar-refractivity contribution is 5.94. The number of carbonyl (C=O) groups is 2. The normalized spacial score (nSPS) is 11.8. The summed E-state index contributed by atoms with van der Waals surface area (Å²) >= 11 is 0. The van der Waals surface area contributed by atoms with E-state index in [1.807, 2.05) is 57.3 Å². The molecule has 2 aromatic rings. The van der Waals surface area contributed by atoms with Gasteiger partial charge in [-0.25, -0.2) is 0 Å². The second kappa shape index (κ2) is 8.48. The van der Waals surface area contributed by atoms with Gasteiger partial charge < -0.3 is 19.5 Å². The Balaban J connectivity index is 1.78. The number of rotatable bonds is 7. The zero-order valence-corrected chi connectivity index (χ0v) is 15.3. The third-order valence-electron chi connectivity index (χ3n) is 3.87. The van der Waals surface area contributed by atoms with E-state index in [4.69, 9.17) is 4.42 Å². The Morgan fingerprint density at radius 2 is 1.80 bits per heavy atom. The van der Waals surface area contributed by atoms with Crippen molar-refractivity contribution in [3.05, 3.63) is 53.5 Å². The van der Waals surface area contributed by atoms with Gasteiger partial charge in [-0.2, -0.15) is 0 Å².